The summed E-state index contributed by atoms with van der Waals surface area (Å²) in [6.45, 7) is 0. The smallest absolute Gasteiger partial charge is 0.377 e. The quantitative estimate of drug-likeness (QED) is 0.542. The molecule has 2 rings (SSSR count). The minimum absolute atomic E-state index is 0.139. The summed E-state index contributed by atoms with van der Waals surface area (Å²) in [5.41, 5.74) is 0.838. The second-order valence-corrected chi connectivity index (χ2v) is 2.76. The largest absolute Gasteiger partial charge is 0.475 e. The van der Waals surface area contributed by atoms with E-state index in [0.717, 1.165) is 0 Å². The van der Waals surface area contributed by atoms with Crippen molar-refractivity contribution in [2.24, 2.45) is 0 Å². The number of Topliss-reactive ketones (excluding diaryl/α,β-unsaturated/α-hetero) is 1. The van der Waals surface area contributed by atoms with E-state index in [2.05, 4.69) is 9.97 Å². The minimum atomic E-state index is -1.46. The lowest BCUT2D eigenvalue weighted by Gasteiger charge is -1.91. The fraction of sp³-hybridized carbons (Fsp3) is 0. The van der Waals surface area contributed by atoms with Gasteiger partial charge in [0, 0.05) is 29.5 Å². The number of carboxylic acid groups (broad SMARTS) is 1. The first-order valence-corrected chi connectivity index (χ1v) is 3.89. The standard InChI is InChI=1S/C9H6N2O3/c12-8(9(13)14)6-4-11-7-1-2-10-3-5(6)7/h1-4,11H,(H,13,14). The molecule has 0 atom stereocenters. The van der Waals surface area contributed by atoms with E-state index in [1.54, 1.807) is 12.3 Å². The Morgan fingerprint density at radius 3 is 2.93 bits per heavy atom. The molecule has 2 aromatic heterocycles. The number of aromatic amines is 1. The molecule has 0 saturated heterocycles. The van der Waals surface area contributed by atoms with Gasteiger partial charge in [0.15, 0.2) is 0 Å². The van der Waals surface area contributed by atoms with Crippen molar-refractivity contribution in [3.63, 3.8) is 0 Å². The number of rotatable bonds is 2. The van der Waals surface area contributed by atoms with Crippen LogP contribution in [-0.4, -0.2) is 26.8 Å². The normalized spacial score (nSPS) is 10.3. The molecular formula is C9H6N2O3. The maximum atomic E-state index is 11.2. The third-order valence-corrected chi connectivity index (χ3v) is 1.92. The number of aromatic nitrogens is 2. The Morgan fingerprint density at radius 2 is 2.21 bits per heavy atom. The molecule has 5 heteroatoms. The van der Waals surface area contributed by atoms with E-state index in [1.807, 2.05) is 0 Å². The van der Waals surface area contributed by atoms with E-state index in [0.29, 0.717) is 10.9 Å². The molecule has 0 bridgehead atoms. The fourth-order valence-corrected chi connectivity index (χ4v) is 1.27. The lowest BCUT2D eigenvalue weighted by Crippen LogP contribution is -2.11. The van der Waals surface area contributed by atoms with E-state index in [4.69, 9.17) is 5.11 Å². The van der Waals surface area contributed by atoms with Gasteiger partial charge in [-0.3, -0.25) is 9.78 Å². The lowest BCUT2D eigenvalue weighted by molar-refractivity contribution is -0.131. The van der Waals surface area contributed by atoms with Crippen LogP contribution in [0.25, 0.3) is 10.9 Å². The molecule has 2 aromatic rings. The van der Waals surface area contributed by atoms with Crippen LogP contribution in [0.1, 0.15) is 10.4 Å². The number of hydrogen-bond donors (Lipinski definition) is 2. The highest BCUT2D eigenvalue weighted by Gasteiger charge is 2.18. The summed E-state index contributed by atoms with van der Waals surface area (Å²) in [5, 5.41) is 9.06. The highest BCUT2D eigenvalue weighted by atomic mass is 16.4. The van der Waals surface area contributed by atoms with Crippen molar-refractivity contribution in [3.05, 3.63) is 30.2 Å². The Bertz CT molecular complexity index is 516. The Labute approximate surface area is 78.4 Å². The molecule has 14 heavy (non-hydrogen) atoms. The van der Waals surface area contributed by atoms with Crippen LogP contribution < -0.4 is 0 Å². The summed E-state index contributed by atoms with van der Waals surface area (Å²) in [6, 6.07) is 1.67. The number of carbonyl (C=O) groups excluding carboxylic acids is 1. The number of nitrogens with one attached hydrogen (secondary N) is 1. The summed E-state index contributed by atoms with van der Waals surface area (Å²) in [7, 11) is 0. The lowest BCUT2D eigenvalue weighted by atomic mass is 10.1. The maximum Gasteiger partial charge on any atom is 0.377 e. The van der Waals surface area contributed by atoms with Crippen molar-refractivity contribution in [2.75, 3.05) is 0 Å². The third-order valence-electron chi connectivity index (χ3n) is 1.92. The summed E-state index contributed by atoms with van der Waals surface area (Å²) in [6.07, 6.45) is 4.40. The predicted molar refractivity (Wildman–Crippen MR) is 48.1 cm³/mol. The van der Waals surface area contributed by atoms with Crippen molar-refractivity contribution in [1.82, 2.24) is 9.97 Å². The van der Waals surface area contributed by atoms with Gasteiger partial charge >= 0.3 is 5.97 Å². The van der Waals surface area contributed by atoms with Crippen LogP contribution in [0.5, 0.6) is 0 Å². The van der Waals surface area contributed by atoms with Gasteiger partial charge in [0.1, 0.15) is 0 Å². The van der Waals surface area contributed by atoms with Crippen LogP contribution >= 0.6 is 0 Å². The number of carbonyl (C=O) groups is 2. The van der Waals surface area contributed by atoms with E-state index in [9.17, 15) is 9.59 Å². The second kappa shape index (κ2) is 2.95. The predicted octanol–water partition coefficient (Wildman–Crippen LogP) is 0.830. The van der Waals surface area contributed by atoms with Gasteiger partial charge in [-0.05, 0) is 6.07 Å². The number of nitrogens with zero attached hydrogens (tertiary/aromatic N) is 1. The van der Waals surface area contributed by atoms with E-state index >= 15 is 0 Å². The summed E-state index contributed by atoms with van der Waals surface area (Å²) >= 11 is 0. The molecule has 0 saturated carbocycles. The number of ketones is 1. The van der Waals surface area contributed by atoms with Gasteiger partial charge in [0.05, 0.1) is 5.56 Å². The zero-order valence-electron chi connectivity index (χ0n) is 7.02. The molecule has 0 aliphatic rings. The Hall–Kier alpha value is -2.17. The van der Waals surface area contributed by atoms with Crippen LogP contribution in [0.3, 0.4) is 0 Å². The maximum absolute atomic E-state index is 11.2. The van der Waals surface area contributed by atoms with Crippen LogP contribution in [0.15, 0.2) is 24.7 Å². The highest BCUT2D eigenvalue weighted by Crippen LogP contribution is 2.16. The van der Waals surface area contributed by atoms with Crippen LogP contribution in [0, 0.1) is 0 Å². The van der Waals surface area contributed by atoms with Gasteiger partial charge in [-0.2, -0.15) is 0 Å². The van der Waals surface area contributed by atoms with Crippen molar-refractivity contribution >= 4 is 22.7 Å². The average Bonchev–Trinajstić information content (AvgIpc) is 2.60. The summed E-state index contributed by atoms with van der Waals surface area (Å²) in [5.74, 6) is -2.39. The van der Waals surface area contributed by atoms with Crippen molar-refractivity contribution in [3.8, 4) is 0 Å². The van der Waals surface area contributed by atoms with Crippen molar-refractivity contribution in [1.29, 1.82) is 0 Å². The Kier molecular flexibility index (Phi) is 1.78. The minimum Gasteiger partial charge on any atom is -0.475 e. The number of H-pyrrole nitrogens is 1. The number of fused-ring (bicyclic) bond motifs is 1. The molecule has 0 aliphatic heterocycles. The van der Waals surface area contributed by atoms with Gasteiger partial charge < -0.3 is 10.1 Å². The number of pyridine rings is 1. The van der Waals surface area contributed by atoms with Crippen molar-refractivity contribution in [2.45, 2.75) is 0 Å². The third kappa shape index (κ3) is 1.15. The molecule has 2 heterocycles. The Morgan fingerprint density at radius 1 is 1.43 bits per heavy atom. The first-order chi connectivity index (χ1) is 6.70. The number of hydrogen-bond acceptors (Lipinski definition) is 3. The number of carboxylic acids is 1. The molecule has 0 fully saturated rings. The zero-order chi connectivity index (χ0) is 10.1. The van der Waals surface area contributed by atoms with Crippen LogP contribution in [0.4, 0.5) is 0 Å². The van der Waals surface area contributed by atoms with E-state index < -0.39 is 11.8 Å². The average molecular weight is 190 g/mol. The summed E-state index contributed by atoms with van der Waals surface area (Å²) < 4.78 is 0. The SMILES string of the molecule is O=C(O)C(=O)c1c[nH]c2ccncc12. The molecule has 0 spiro atoms. The van der Waals surface area contributed by atoms with E-state index in [-0.39, 0.29) is 5.56 Å². The molecule has 0 unspecified atom stereocenters. The van der Waals surface area contributed by atoms with Crippen molar-refractivity contribution < 1.29 is 14.7 Å². The molecular weight excluding hydrogens is 184 g/mol. The second-order valence-electron chi connectivity index (χ2n) is 2.76. The molecule has 0 aromatic carbocycles. The molecule has 0 aliphatic carbocycles. The van der Waals surface area contributed by atoms with Crippen LogP contribution in [0.2, 0.25) is 0 Å². The number of aliphatic carboxylic acids is 1. The Balaban J connectivity index is 2.64. The molecule has 0 amide bonds. The van der Waals surface area contributed by atoms with Crippen LogP contribution in [-0.2, 0) is 4.79 Å². The van der Waals surface area contributed by atoms with Gasteiger partial charge in [-0.15, -0.1) is 0 Å². The fourth-order valence-electron chi connectivity index (χ4n) is 1.27. The highest BCUT2D eigenvalue weighted by molar-refractivity contribution is 6.42. The first-order valence-electron chi connectivity index (χ1n) is 3.89. The topological polar surface area (TPSA) is 83.0 Å². The monoisotopic (exact) mass is 190 g/mol. The first kappa shape index (κ1) is 8.43. The van der Waals surface area contributed by atoms with Gasteiger partial charge in [-0.1, -0.05) is 0 Å². The van der Waals surface area contributed by atoms with E-state index in [1.165, 1.54) is 12.4 Å². The van der Waals surface area contributed by atoms with Gasteiger partial charge in [0.2, 0.25) is 0 Å². The zero-order valence-corrected chi connectivity index (χ0v) is 7.02. The van der Waals surface area contributed by atoms with Gasteiger partial charge in [0.25, 0.3) is 5.78 Å². The molecule has 2 N–H and O–H groups in total. The van der Waals surface area contributed by atoms with Gasteiger partial charge in [-0.25, -0.2) is 4.79 Å². The molecule has 70 valence electrons. The summed E-state index contributed by atoms with van der Waals surface area (Å²) in [4.78, 5) is 28.3. The molecule has 0 radical (unpaired) electrons. The molecule has 5 nitrogen and oxygen atoms in total.